The van der Waals surface area contributed by atoms with E-state index in [0.717, 1.165) is 9.87 Å². The average Bonchev–Trinajstić information content (AvgIpc) is 3.26. The van der Waals surface area contributed by atoms with E-state index in [2.05, 4.69) is 42.9 Å². The van der Waals surface area contributed by atoms with Gasteiger partial charge in [0.25, 0.3) is 0 Å². The second-order valence-corrected chi connectivity index (χ2v) is 7.27. The molecule has 0 fully saturated rings. The molecule has 9 nitrogen and oxygen atoms in total. The van der Waals surface area contributed by atoms with Crippen LogP contribution in [0.15, 0.2) is 55.0 Å². The van der Waals surface area contributed by atoms with Crippen molar-refractivity contribution < 1.29 is 18.3 Å². The molecule has 4 aromatic rings. The molecule has 0 saturated heterocycles. The predicted octanol–water partition coefficient (Wildman–Crippen LogP) is 3.92. The number of hydrogen-bond acceptors (Lipinski definition) is 7. The van der Waals surface area contributed by atoms with E-state index in [1.54, 1.807) is 54.5 Å². The third-order valence-electron chi connectivity index (χ3n) is 4.53. The van der Waals surface area contributed by atoms with Crippen LogP contribution in [0, 0.1) is 0 Å². The number of benzene rings is 1. The molecule has 0 unspecified atom stereocenters. The van der Waals surface area contributed by atoms with Gasteiger partial charge in [-0.15, -0.1) is 0 Å². The Balaban J connectivity index is 1.55. The number of carbonyl (C=O) groups is 1. The molecule has 0 aliphatic rings. The van der Waals surface area contributed by atoms with Crippen molar-refractivity contribution in [2.45, 2.75) is 20.1 Å². The van der Waals surface area contributed by atoms with E-state index < -0.39 is 12.6 Å². The second kappa shape index (κ2) is 9.77. The Kier molecular flexibility index (Phi) is 6.63. The van der Waals surface area contributed by atoms with E-state index in [0.29, 0.717) is 41.3 Å². The first kappa shape index (κ1) is 22.4. The summed E-state index contributed by atoms with van der Waals surface area (Å²) >= 11 is 4.19. The van der Waals surface area contributed by atoms with Gasteiger partial charge in [-0.25, -0.2) is 19.1 Å². The summed E-state index contributed by atoms with van der Waals surface area (Å²) in [5.41, 5.74) is 2.89. The van der Waals surface area contributed by atoms with Crippen LogP contribution >= 0.6 is 12.8 Å². The molecular weight excluding hydrogens is 452 g/mol. The molecule has 0 saturated carbocycles. The number of rotatable bonds is 7. The fourth-order valence-corrected chi connectivity index (χ4v) is 3.25. The van der Waals surface area contributed by atoms with Gasteiger partial charge in [0.05, 0.1) is 24.6 Å². The Morgan fingerprint density at radius 2 is 2.09 bits per heavy atom. The van der Waals surface area contributed by atoms with Crippen molar-refractivity contribution in [2.24, 2.45) is 0 Å². The molecule has 3 heterocycles. The zero-order valence-corrected chi connectivity index (χ0v) is 18.3. The van der Waals surface area contributed by atoms with E-state index in [9.17, 15) is 13.6 Å². The first-order valence-electron chi connectivity index (χ1n) is 9.90. The number of thiol groups is 1. The van der Waals surface area contributed by atoms with E-state index in [-0.39, 0.29) is 5.75 Å². The number of hydrogen-bond donors (Lipinski definition) is 2. The van der Waals surface area contributed by atoms with Gasteiger partial charge < -0.3 is 10.1 Å². The Morgan fingerprint density at radius 3 is 2.88 bits per heavy atom. The van der Waals surface area contributed by atoms with Gasteiger partial charge in [0.1, 0.15) is 17.1 Å². The van der Waals surface area contributed by atoms with E-state index in [1.165, 1.54) is 12.1 Å². The lowest BCUT2D eigenvalue weighted by Crippen LogP contribution is -2.34. The van der Waals surface area contributed by atoms with E-state index in [1.807, 2.05) is 0 Å². The molecular formula is C21H19F2N7O2S. The summed E-state index contributed by atoms with van der Waals surface area (Å²) in [6.45, 7) is -0.265. The minimum absolute atomic E-state index is 0.0861. The summed E-state index contributed by atoms with van der Waals surface area (Å²) in [5, 5.41) is 6.96. The maximum absolute atomic E-state index is 12.4. The van der Waals surface area contributed by atoms with Gasteiger partial charge >= 0.3 is 12.6 Å². The molecule has 0 spiro atoms. The van der Waals surface area contributed by atoms with Crippen molar-refractivity contribution in [2.75, 3.05) is 10.8 Å². The third-order valence-corrected chi connectivity index (χ3v) is 4.91. The van der Waals surface area contributed by atoms with Crippen LogP contribution < -0.4 is 14.4 Å². The van der Waals surface area contributed by atoms with Crippen molar-refractivity contribution >= 4 is 35.8 Å². The summed E-state index contributed by atoms with van der Waals surface area (Å²) in [7, 11) is 0. The van der Waals surface area contributed by atoms with Crippen LogP contribution in [0.1, 0.15) is 12.5 Å². The molecule has 1 N–H and O–H groups in total. The number of aromatic nitrogens is 5. The zero-order valence-electron chi connectivity index (χ0n) is 17.4. The highest BCUT2D eigenvalue weighted by Crippen LogP contribution is 2.22. The van der Waals surface area contributed by atoms with Crippen LogP contribution in [0.4, 0.5) is 19.4 Å². The first-order valence-corrected chi connectivity index (χ1v) is 10.3. The van der Waals surface area contributed by atoms with Crippen molar-refractivity contribution in [1.29, 1.82) is 0 Å². The lowest BCUT2D eigenvalue weighted by molar-refractivity contribution is -0.0498. The van der Waals surface area contributed by atoms with E-state index >= 15 is 0 Å². The monoisotopic (exact) mass is 471 g/mol. The van der Waals surface area contributed by atoms with Crippen LogP contribution in [0.3, 0.4) is 0 Å². The molecule has 0 aliphatic heterocycles. The summed E-state index contributed by atoms with van der Waals surface area (Å²) in [4.78, 5) is 25.3. The molecule has 170 valence electrons. The highest BCUT2D eigenvalue weighted by atomic mass is 32.1. The molecule has 0 bridgehead atoms. The van der Waals surface area contributed by atoms with Gasteiger partial charge in [-0.2, -0.15) is 13.9 Å². The Labute approximate surface area is 193 Å². The quantitative estimate of drug-likeness (QED) is 0.397. The highest BCUT2D eigenvalue weighted by Gasteiger charge is 2.14. The van der Waals surface area contributed by atoms with Gasteiger partial charge in [0.15, 0.2) is 5.65 Å². The number of anilines is 1. The van der Waals surface area contributed by atoms with Gasteiger partial charge in [0, 0.05) is 18.3 Å². The number of nitrogens with zero attached hydrogens (tertiary/aromatic N) is 6. The van der Waals surface area contributed by atoms with Crippen LogP contribution in [0.25, 0.3) is 22.4 Å². The molecule has 3 aromatic heterocycles. The smallest absolute Gasteiger partial charge is 0.387 e. The minimum atomic E-state index is -2.88. The molecule has 1 aromatic carbocycles. The Morgan fingerprint density at radius 1 is 1.24 bits per heavy atom. The highest BCUT2D eigenvalue weighted by molar-refractivity contribution is 7.82. The molecule has 4 rings (SSSR count). The first-order chi connectivity index (χ1) is 15.9. The number of ether oxygens (including phenoxy) is 1. The summed E-state index contributed by atoms with van der Waals surface area (Å²) in [6, 6.07) is 9.36. The summed E-state index contributed by atoms with van der Waals surface area (Å²) < 4.78 is 32.1. The molecule has 12 heteroatoms. The number of halogens is 2. The molecule has 0 aliphatic carbocycles. The Hall–Kier alpha value is -3.80. The van der Waals surface area contributed by atoms with Crippen molar-refractivity contribution in [3.05, 3.63) is 60.6 Å². The van der Waals surface area contributed by atoms with Crippen molar-refractivity contribution in [1.82, 2.24) is 30.0 Å². The lowest BCUT2D eigenvalue weighted by Gasteiger charge is -2.14. The third kappa shape index (κ3) is 5.34. The van der Waals surface area contributed by atoms with Crippen LogP contribution in [-0.2, 0) is 6.54 Å². The molecule has 33 heavy (non-hydrogen) atoms. The number of nitrogens with one attached hydrogen (secondary N) is 1. The summed E-state index contributed by atoms with van der Waals surface area (Å²) in [5.74, 6) is 0.396. The zero-order chi connectivity index (χ0) is 23.4. The van der Waals surface area contributed by atoms with Gasteiger partial charge in [-0.3, -0.25) is 9.67 Å². The molecule has 0 radical (unpaired) electrons. The fourth-order valence-electron chi connectivity index (χ4n) is 3.06. The molecule has 2 amide bonds. The van der Waals surface area contributed by atoms with Crippen molar-refractivity contribution in [3.8, 4) is 17.0 Å². The maximum atomic E-state index is 12.4. The topological polar surface area (TPSA) is 98.1 Å². The summed E-state index contributed by atoms with van der Waals surface area (Å²) in [6.07, 6.45) is 4.99. The number of pyridine rings is 1. The number of urea groups is 1. The predicted molar refractivity (Wildman–Crippen MR) is 121 cm³/mol. The molecule has 0 atom stereocenters. The van der Waals surface area contributed by atoms with Crippen molar-refractivity contribution in [3.63, 3.8) is 0 Å². The number of alkyl halides is 2. The minimum Gasteiger partial charge on any atom is -0.435 e. The van der Waals surface area contributed by atoms with Gasteiger partial charge in [-0.05, 0) is 36.8 Å². The fraction of sp³-hybridized carbons (Fsp3) is 0.190. The van der Waals surface area contributed by atoms with Crippen LogP contribution in [0.2, 0.25) is 0 Å². The Bertz CT molecular complexity index is 1280. The SMILES string of the molecule is CCNC(=O)N(S)c1ccc2ncc(-c3cnn(Cc4cccc(OC(F)F)c4)c3)nc2n1. The second-order valence-electron chi connectivity index (χ2n) is 6.87. The standard InChI is InChI=1S/C21H19F2N7O2S/c1-2-24-21(31)30(33)18-7-6-16-19(28-18)27-17(10-25-16)14-9-26-29(12-14)11-13-4-3-5-15(8-13)32-20(22)23/h3-10,12,20,33H,2,11H2,1H3,(H,24,31). The van der Waals surface area contributed by atoms with Gasteiger partial charge in [-0.1, -0.05) is 24.9 Å². The number of fused-ring (bicyclic) bond motifs is 1. The van der Waals surface area contributed by atoms with Crippen LogP contribution in [0.5, 0.6) is 5.75 Å². The maximum Gasteiger partial charge on any atom is 0.387 e. The average molecular weight is 471 g/mol. The van der Waals surface area contributed by atoms with Crippen LogP contribution in [-0.4, -0.2) is 43.9 Å². The number of amides is 2. The largest absolute Gasteiger partial charge is 0.435 e. The lowest BCUT2D eigenvalue weighted by atomic mass is 10.2. The number of carbonyl (C=O) groups excluding carboxylic acids is 1. The van der Waals surface area contributed by atoms with Gasteiger partial charge in [0.2, 0.25) is 0 Å². The van der Waals surface area contributed by atoms with E-state index in [4.69, 9.17) is 0 Å². The normalized spacial score (nSPS) is 11.1.